The molecule has 3 rings (SSSR count). The molecule has 0 bridgehead atoms. The van der Waals surface area contributed by atoms with Crippen molar-refractivity contribution in [3.8, 4) is 0 Å². The first-order valence-electron chi connectivity index (χ1n) is 5.19. The van der Waals surface area contributed by atoms with Crippen molar-refractivity contribution >= 4 is 23.5 Å². The molecule has 1 aliphatic rings. The van der Waals surface area contributed by atoms with Crippen LogP contribution in [0.2, 0.25) is 0 Å². The lowest BCUT2D eigenvalue weighted by Gasteiger charge is -2.19. The smallest absolute Gasteiger partial charge is 0.160 e. The van der Waals surface area contributed by atoms with Crippen molar-refractivity contribution < 1.29 is 13.2 Å². The highest BCUT2D eigenvalue weighted by atomic mass is 32.2. The Morgan fingerprint density at radius 2 is 1.06 bits per heavy atom. The zero-order valence-electron chi connectivity index (χ0n) is 9.26. The van der Waals surface area contributed by atoms with Crippen molar-refractivity contribution in [1.82, 2.24) is 0 Å². The van der Waals surface area contributed by atoms with E-state index in [1.807, 2.05) is 0 Å². The molecule has 0 unspecified atom stereocenters. The minimum absolute atomic E-state index is 0.284. The van der Waals surface area contributed by atoms with Crippen molar-refractivity contribution in [2.24, 2.45) is 0 Å². The van der Waals surface area contributed by atoms with Crippen LogP contribution < -0.4 is 0 Å². The van der Waals surface area contributed by atoms with Crippen LogP contribution in [0.25, 0.3) is 0 Å². The molecular formula is C13H7F3S2. The largest absolute Gasteiger partial charge is 0.207 e. The van der Waals surface area contributed by atoms with Crippen LogP contribution in [-0.2, 0) is 0 Å². The molecule has 0 saturated carbocycles. The topological polar surface area (TPSA) is 0 Å². The third-order valence-electron chi connectivity index (χ3n) is 2.65. The van der Waals surface area contributed by atoms with Gasteiger partial charge in [0.15, 0.2) is 11.6 Å². The molecule has 0 N–H and O–H groups in total. The van der Waals surface area contributed by atoms with E-state index < -0.39 is 11.6 Å². The molecule has 0 radical (unpaired) electrons. The Morgan fingerprint density at radius 3 is 1.56 bits per heavy atom. The summed E-state index contributed by atoms with van der Waals surface area (Å²) >= 11 is 2.59. The molecule has 0 aliphatic carbocycles. The summed E-state index contributed by atoms with van der Waals surface area (Å²) in [6, 6.07) is 5.51. The van der Waals surface area contributed by atoms with Gasteiger partial charge in [-0.3, -0.25) is 0 Å². The van der Waals surface area contributed by atoms with E-state index in [-0.39, 0.29) is 5.82 Å². The summed E-state index contributed by atoms with van der Waals surface area (Å²) in [6.07, 6.45) is 0. The first-order valence-corrected chi connectivity index (χ1v) is 6.83. The van der Waals surface area contributed by atoms with Crippen molar-refractivity contribution in [1.29, 1.82) is 0 Å². The Balaban J connectivity index is 2.12. The second-order valence-electron chi connectivity index (χ2n) is 3.97. The van der Waals surface area contributed by atoms with Gasteiger partial charge in [-0.1, -0.05) is 23.5 Å². The normalized spacial score (nSPS) is 13.1. The summed E-state index contributed by atoms with van der Waals surface area (Å²) in [5.74, 6) is -2.02. The van der Waals surface area contributed by atoms with E-state index in [2.05, 4.69) is 0 Å². The summed E-state index contributed by atoms with van der Waals surface area (Å²) < 4.78 is 39.8. The van der Waals surface area contributed by atoms with Gasteiger partial charge in [0.05, 0.1) is 0 Å². The molecule has 0 amide bonds. The van der Waals surface area contributed by atoms with Crippen LogP contribution in [0.15, 0.2) is 43.8 Å². The van der Waals surface area contributed by atoms with E-state index >= 15 is 0 Å². The minimum Gasteiger partial charge on any atom is -0.207 e. The number of benzene rings is 2. The molecule has 0 saturated heterocycles. The van der Waals surface area contributed by atoms with Gasteiger partial charge in [0.1, 0.15) is 5.82 Å². The first kappa shape index (κ1) is 12.0. The van der Waals surface area contributed by atoms with Crippen LogP contribution in [0.1, 0.15) is 5.56 Å². The molecular weight excluding hydrogens is 277 g/mol. The second kappa shape index (κ2) is 4.24. The lowest BCUT2D eigenvalue weighted by molar-refractivity contribution is 0.502. The Morgan fingerprint density at radius 1 is 0.667 bits per heavy atom. The monoisotopic (exact) mass is 284 g/mol. The molecule has 18 heavy (non-hydrogen) atoms. The molecule has 0 spiro atoms. The maximum atomic E-state index is 13.5. The lowest BCUT2D eigenvalue weighted by atomic mass is 10.2. The number of halogens is 3. The van der Waals surface area contributed by atoms with Crippen molar-refractivity contribution in [3.63, 3.8) is 0 Å². The van der Waals surface area contributed by atoms with Crippen molar-refractivity contribution in [2.45, 2.75) is 26.5 Å². The molecule has 2 aromatic carbocycles. The van der Waals surface area contributed by atoms with Crippen LogP contribution >= 0.6 is 23.5 Å². The number of fused-ring (bicyclic) bond motifs is 2. The van der Waals surface area contributed by atoms with Gasteiger partial charge in [-0.05, 0) is 36.8 Å². The van der Waals surface area contributed by atoms with E-state index in [9.17, 15) is 13.2 Å². The molecule has 1 heterocycles. The minimum atomic E-state index is -0.877. The van der Waals surface area contributed by atoms with Gasteiger partial charge in [0, 0.05) is 19.6 Å². The highest BCUT2D eigenvalue weighted by Crippen LogP contribution is 2.49. The average Bonchev–Trinajstić information content (AvgIpc) is 2.31. The summed E-state index contributed by atoms with van der Waals surface area (Å²) in [5, 5.41) is 0. The Hall–Kier alpha value is -1.07. The van der Waals surface area contributed by atoms with Gasteiger partial charge < -0.3 is 0 Å². The molecule has 0 aromatic heterocycles. The van der Waals surface area contributed by atoms with Crippen molar-refractivity contribution in [2.75, 3.05) is 0 Å². The predicted octanol–water partition coefficient (Wildman–Crippen LogP) is 5.03. The third-order valence-corrected chi connectivity index (χ3v) is 5.14. The molecule has 1 aliphatic heterocycles. The zero-order valence-corrected chi connectivity index (χ0v) is 10.9. The number of hydrogen-bond acceptors (Lipinski definition) is 2. The van der Waals surface area contributed by atoms with Crippen molar-refractivity contribution in [3.05, 3.63) is 47.3 Å². The van der Waals surface area contributed by atoms with E-state index in [1.165, 1.54) is 35.7 Å². The van der Waals surface area contributed by atoms with E-state index in [0.29, 0.717) is 15.4 Å². The zero-order chi connectivity index (χ0) is 12.9. The van der Waals surface area contributed by atoms with Crippen LogP contribution in [0.5, 0.6) is 0 Å². The van der Waals surface area contributed by atoms with Crippen LogP contribution in [0, 0.1) is 24.4 Å². The predicted molar refractivity (Wildman–Crippen MR) is 65.7 cm³/mol. The third kappa shape index (κ3) is 1.91. The highest BCUT2D eigenvalue weighted by Gasteiger charge is 2.20. The van der Waals surface area contributed by atoms with E-state index in [4.69, 9.17) is 0 Å². The summed E-state index contributed by atoms with van der Waals surface area (Å²) in [4.78, 5) is 2.89. The maximum absolute atomic E-state index is 13.5. The fourth-order valence-electron chi connectivity index (χ4n) is 1.70. The Labute approximate surface area is 111 Å². The quantitative estimate of drug-likeness (QED) is 0.568. The lowest BCUT2D eigenvalue weighted by Crippen LogP contribution is -1.95. The number of aryl methyl sites for hydroxylation is 1. The van der Waals surface area contributed by atoms with Crippen LogP contribution in [0.3, 0.4) is 0 Å². The number of rotatable bonds is 0. The first-order chi connectivity index (χ1) is 8.54. The molecule has 92 valence electrons. The van der Waals surface area contributed by atoms with Gasteiger partial charge in [0.2, 0.25) is 0 Å². The van der Waals surface area contributed by atoms with Gasteiger partial charge in [-0.15, -0.1) is 0 Å². The molecule has 0 nitrogen and oxygen atoms in total. The molecule has 2 aromatic rings. The SMILES string of the molecule is Cc1cc2c(cc1F)Sc1cc(F)c(F)cc1S2. The maximum Gasteiger partial charge on any atom is 0.160 e. The van der Waals surface area contributed by atoms with Gasteiger partial charge >= 0.3 is 0 Å². The summed E-state index contributed by atoms with van der Waals surface area (Å²) in [5.41, 5.74) is 0.549. The fourth-order valence-corrected chi connectivity index (χ4v) is 4.04. The Kier molecular flexibility index (Phi) is 2.83. The second-order valence-corrected chi connectivity index (χ2v) is 6.13. The van der Waals surface area contributed by atoms with E-state index in [0.717, 1.165) is 15.9 Å². The van der Waals surface area contributed by atoms with E-state index in [1.54, 1.807) is 13.0 Å². The number of hydrogen-bond donors (Lipinski definition) is 0. The Bertz CT molecular complexity index is 542. The molecule has 0 atom stereocenters. The van der Waals surface area contributed by atoms with Crippen LogP contribution in [0.4, 0.5) is 13.2 Å². The average molecular weight is 284 g/mol. The standard InChI is InChI=1S/C13H7F3S2/c1-6-2-10-11(3-7(6)14)18-13-5-9(16)8(15)4-12(13)17-10/h2-5H,1H3. The van der Waals surface area contributed by atoms with Gasteiger partial charge in [-0.25, -0.2) is 13.2 Å². The fraction of sp³-hybridized carbons (Fsp3) is 0.0769. The molecule has 5 heteroatoms. The van der Waals surface area contributed by atoms with Gasteiger partial charge in [-0.2, -0.15) is 0 Å². The van der Waals surface area contributed by atoms with Gasteiger partial charge in [0.25, 0.3) is 0 Å². The summed E-state index contributed by atoms with van der Waals surface area (Å²) in [7, 11) is 0. The molecule has 0 fully saturated rings. The summed E-state index contributed by atoms with van der Waals surface area (Å²) in [6.45, 7) is 1.68. The van der Waals surface area contributed by atoms with Crippen LogP contribution in [-0.4, -0.2) is 0 Å². The highest BCUT2D eigenvalue weighted by molar-refractivity contribution is 8.05.